The van der Waals surface area contributed by atoms with Gasteiger partial charge in [-0.2, -0.15) is 0 Å². The maximum Gasteiger partial charge on any atom is 0.191 e. The van der Waals surface area contributed by atoms with Gasteiger partial charge in [0.05, 0.1) is 0 Å². The molecule has 3 aromatic rings. The van der Waals surface area contributed by atoms with Crippen LogP contribution in [0, 0.1) is 13.8 Å². The average molecular weight is 350 g/mol. The molecule has 0 spiro atoms. The van der Waals surface area contributed by atoms with E-state index in [4.69, 9.17) is 0 Å². The standard InChI is InChI=1S/C20H26N6/c1-15-12-16(2)14-17(13-15)7-9-22-20(21-3)23-10-8-19-25-24-18-6-4-5-11-26(18)19/h4-6,11-14H,7-10H2,1-3H3,(H2,21,22,23). The van der Waals surface area contributed by atoms with Crippen molar-refractivity contribution in [1.82, 2.24) is 25.2 Å². The largest absolute Gasteiger partial charge is 0.356 e. The van der Waals surface area contributed by atoms with Crippen LogP contribution in [-0.2, 0) is 12.8 Å². The SMILES string of the molecule is CN=C(NCCc1cc(C)cc(C)c1)NCCc1nnc2ccccn12. The quantitative estimate of drug-likeness (QED) is 0.529. The van der Waals surface area contributed by atoms with Crippen molar-refractivity contribution in [2.24, 2.45) is 4.99 Å². The van der Waals surface area contributed by atoms with Crippen molar-refractivity contribution in [2.75, 3.05) is 20.1 Å². The van der Waals surface area contributed by atoms with Crippen LogP contribution < -0.4 is 10.6 Å². The summed E-state index contributed by atoms with van der Waals surface area (Å²) in [5.41, 5.74) is 4.84. The topological polar surface area (TPSA) is 66.6 Å². The van der Waals surface area contributed by atoms with Crippen molar-refractivity contribution in [3.63, 3.8) is 0 Å². The second-order valence-electron chi connectivity index (χ2n) is 6.47. The maximum atomic E-state index is 4.29. The zero-order valence-corrected chi connectivity index (χ0v) is 15.7. The van der Waals surface area contributed by atoms with Crippen molar-refractivity contribution in [1.29, 1.82) is 0 Å². The highest BCUT2D eigenvalue weighted by molar-refractivity contribution is 5.79. The van der Waals surface area contributed by atoms with Gasteiger partial charge in [0, 0.05) is 32.8 Å². The number of benzene rings is 1. The number of fused-ring (bicyclic) bond motifs is 1. The van der Waals surface area contributed by atoms with Gasteiger partial charge in [0.15, 0.2) is 11.6 Å². The van der Waals surface area contributed by atoms with Crippen LogP contribution in [-0.4, -0.2) is 40.7 Å². The molecule has 0 amide bonds. The summed E-state index contributed by atoms with van der Waals surface area (Å²) >= 11 is 0. The third-order valence-corrected chi connectivity index (χ3v) is 4.24. The summed E-state index contributed by atoms with van der Waals surface area (Å²) in [5.74, 6) is 1.75. The Kier molecular flexibility index (Phi) is 5.84. The first-order valence-electron chi connectivity index (χ1n) is 8.96. The van der Waals surface area contributed by atoms with Gasteiger partial charge < -0.3 is 10.6 Å². The summed E-state index contributed by atoms with van der Waals surface area (Å²) in [7, 11) is 1.79. The molecule has 2 N–H and O–H groups in total. The van der Waals surface area contributed by atoms with Gasteiger partial charge in [0.25, 0.3) is 0 Å². The predicted octanol–water partition coefficient (Wildman–Crippen LogP) is 2.30. The lowest BCUT2D eigenvalue weighted by Gasteiger charge is -2.12. The molecule has 6 nitrogen and oxygen atoms in total. The number of nitrogens with zero attached hydrogens (tertiary/aromatic N) is 4. The van der Waals surface area contributed by atoms with Crippen molar-refractivity contribution in [3.05, 3.63) is 65.1 Å². The summed E-state index contributed by atoms with van der Waals surface area (Å²) < 4.78 is 2.01. The van der Waals surface area contributed by atoms with Crippen LogP contribution >= 0.6 is 0 Å². The van der Waals surface area contributed by atoms with Gasteiger partial charge in [0.1, 0.15) is 5.82 Å². The van der Waals surface area contributed by atoms with Crippen molar-refractivity contribution in [3.8, 4) is 0 Å². The lowest BCUT2D eigenvalue weighted by Crippen LogP contribution is -2.39. The average Bonchev–Trinajstić information content (AvgIpc) is 3.03. The molecule has 2 aromatic heterocycles. The van der Waals surface area contributed by atoms with Crippen LogP contribution in [0.3, 0.4) is 0 Å². The molecule has 26 heavy (non-hydrogen) atoms. The molecule has 0 saturated heterocycles. The molecule has 0 fully saturated rings. The highest BCUT2D eigenvalue weighted by atomic mass is 15.2. The van der Waals surface area contributed by atoms with E-state index >= 15 is 0 Å². The number of hydrogen-bond donors (Lipinski definition) is 2. The molecule has 0 aliphatic rings. The molecule has 0 unspecified atom stereocenters. The highest BCUT2D eigenvalue weighted by Gasteiger charge is 2.05. The van der Waals surface area contributed by atoms with Gasteiger partial charge in [-0.05, 0) is 38.0 Å². The number of guanidine groups is 1. The van der Waals surface area contributed by atoms with Crippen molar-refractivity contribution < 1.29 is 0 Å². The fraction of sp³-hybridized carbons (Fsp3) is 0.350. The zero-order valence-electron chi connectivity index (χ0n) is 15.7. The number of rotatable bonds is 6. The Labute approximate surface area is 154 Å². The van der Waals surface area contributed by atoms with Gasteiger partial charge in [-0.3, -0.25) is 9.39 Å². The van der Waals surface area contributed by atoms with Crippen LogP contribution in [0.15, 0.2) is 47.6 Å². The molecule has 0 saturated carbocycles. The molecule has 0 aliphatic carbocycles. The molecule has 0 atom stereocenters. The minimum absolute atomic E-state index is 0.749. The first-order chi connectivity index (χ1) is 12.7. The molecule has 136 valence electrons. The van der Waals surface area contributed by atoms with Gasteiger partial charge in [-0.1, -0.05) is 35.4 Å². The lowest BCUT2D eigenvalue weighted by atomic mass is 10.1. The number of pyridine rings is 1. The van der Waals surface area contributed by atoms with Crippen LogP contribution in [0.1, 0.15) is 22.5 Å². The van der Waals surface area contributed by atoms with E-state index in [-0.39, 0.29) is 0 Å². The van der Waals surface area contributed by atoms with E-state index in [9.17, 15) is 0 Å². The smallest absolute Gasteiger partial charge is 0.191 e. The van der Waals surface area contributed by atoms with Crippen LogP contribution in [0.5, 0.6) is 0 Å². The first kappa shape index (κ1) is 17.9. The van der Waals surface area contributed by atoms with Gasteiger partial charge in [0.2, 0.25) is 0 Å². The molecular formula is C20H26N6. The summed E-state index contributed by atoms with van der Waals surface area (Å²) in [6, 6.07) is 12.6. The Morgan fingerprint density at radius 1 is 1.00 bits per heavy atom. The third-order valence-electron chi connectivity index (χ3n) is 4.24. The van der Waals surface area contributed by atoms with Gasteiger partial charge in [-0.15, -0.1) is 10.2 Å². The van der Waals surface area contributed by atoms with E-state index in [1.165, 1.54) is 16.7 Å². The second-order valence-corrected chi connectivity index (χ2v) is 6.47. The van der Waals surface area contributed by atoms with Gasteiger partial charge >= 0.3 is 0 Å². The molecule has 0 bridgehead atoms. The van der Waals surface area contributed by atoms with E-state index in [0.29, 0.717) is 0 Å². The first-order valence-corrected chi connectivity index (χ1v) is 8.96. The maximum absolute atomic E-state index is 4.29. The normalized spacial score (nSPS) is 11.7. The van der Waals surface area contributed by atoms with Gasteiger partial charge in [-0.25, -0.2) is 0 Å². The summed E-state index contributed by atoms with van der Waals surface area (Å²) in [5, 5.41) is 15.1. The van der Waals surface area contributed by atoms with Crippen LogP contribution in [0.2, 0.25) is 0 Å². The Hall–Kier alpha value is -2.89. The number of nitrogens with one attached hydrogen (secondary N) is 2. The lowest BCUT2D eigenvalue weighted by molar-refractivity contribution is 0.756. The number of aromatic nitrogens is 3. The zero-order chi connectivity index (χ0) is 18.4. The third kappa shape index (κ3) is 4.59. The van der Waals surface area contributed by atoms with E-state index in [1.54, 1.807) is 7.05 Å². The highest BCUT2D eigenvalue weighted by Crippen LogP contribution is 2.09. The molecule has 6 heteroatoms. The van der Waals surface area contributed by atoms with E-state index in [2.05, 4.69) is 57.9 Å². The molecule has 0 aliphatic heterocycles. The molecule has 0 radical (unpaired) electrons. The summed E-state index contributed by atoms with van der Waals surface area (Å²) in [6.07, 6.45) is 3.74. The van der Waals surface area contributed by atoms with Crippen molar-refractivity contribution in [2.45, 2.75) is 26.7 Å². The number of aryl methyl sites for hydroxylation is 2. The molecule has 3 rings (SSSR count). The monoisotopic (exact) mass is 350 g/mol. The molecular weight excluding hydrogens is 324 g/mol. The Morgan fingerprint density at radius 3 is 2.46 bits per heavy atom. The second kappa shape index (κ2) is 8.47. The Morgan fingerprint density at radius 2 is 1.73 bits per heavy atom. The fourth-order valence-electron chi connectivity index (χ4n) is 3.11. The Bertz CT molecular complexity index is 876. The summed E-state index contributed by atoms with van der Waals surface area (Å²) in [6.45, 7) is 5.87. The minimum Gasteiger partial charge on any atom is -0.356 e. The summed E-state index contributed by atoms with van der Waals surface area (Å²) in [4.78, 5) is 4.29. The van der Waals surface area contributed by atoms with Crippen LogP contribution in [0.4, 0.5) is 0 Å². The van der Waals surface area contributed by atoms with E-state index < -0.39 is 0 Å². The minimum atomic E-state index is 0.749. The van der Waals surface area contributed by atoms with E-state index in [1.807, 2.05) is 28.8 Å². The Balaban J connectivity index is 1.46. The van der Waals surface area contributed by atoms with Crippen LogP contribution in [0.25, 0.3) is 5.65 Å². The fourth-order valence-corrected chi connectivity index (χ4v) is 3.11. The number of aliphatic imine (C=N–C) groups is 1. The van der Waals surface area contributed by atoms with E-state index in [0.717, 1.165) is 43.4 Å². The van der Waals surface area contributed by atoms with Crippen molar-refractivity contribution >= 4 is 11.6 Å². The predicted molar refractivity (Wildman–Crippen MR) is 106 cm³/mol. The number of hydrogen-bond acceptors (Lipinski definition) is 3. The molecule has 2 heterocycles. The molecule has 1 aromatic carbocycles.